The topological polar surface area (TPSA) is 68.5 Å². The highest BCUT2D eigenvalue weighted by Crippen LogP contribution is 2.12. The highest BCUT2D eigenvalue weighted by molar-refractivity contribution is 6.04. The Hall–Kier alpha value is -3.34. The van der Waals surface area contributed by atoms with E-state index < -0.39 is 5.97 Å². The lowest BCUT2D eigenvalue weighted by molar-refractivity contribution is 0.0434. The van der Waals surface area contributed by atoms with Crippen molar-refractivity contribution < 1.29 is 18.7 Å². The highest BCUT2D eigenvalue weighted by Gasteiger charge is 2.12. The van der Waals surface area contributed by atoms with Gasteiger partial charge >= 0.3 is 5.97 Å². The fraction of sp³-hybridized carbons (Fsp3) is 0.100. The SMILES string of the molecule is Cc1ccc(C(=O)OCc2ccc(C(=O)Nc3ccccc3)cc2)o1. The Kier molecular flexibility index (Phi) is 4.95. The summed E-state index contributed by atoms with van der Waals surface area (Å²) >= 11 is 0. The second kappa shape index (κ2) is 7.49. The van der Waals surface area contributed by atoms with Crippen molar-refractivity contribution in [3.8, 4) is 0 Å². The van der Waals surface area contributed by atoms with Crippen LogP contribution in [-0.4, -0.2) is 11.9 Å². The van der Waals surface area contributed by atoms with Crippen LogP contribution >= 0.6 is 0 Å². The van der Waals surface area contributed by atoms with Crippen molar-refractivity contribution in [2.24, 2.45) is 0 Å². The lowest BCUT2D eigenvalue weighted by atomic mass is 10.1. The molecule has 0 saturated heterocycles. The molecule has 0 aliphatic rings. The fourth-order valence-electron chi connectivity index (χ4n) is 2.24. The van der Waals surface area contributed by atoms with Crippen LogP contribution in [0.4, 0.5) is 5.69 Å². The number of hydrogen-bond acceptors (Lipinski definition) is 4. The molecule has 1 N–H and O–H groups in total. The number of carbonyl (C=O) groups is 2. The molecule has 0 aliphatic carbocycles. The summed E-state index contributed by atoms with van der Waals surface area (Å²) in [5, 5.41) is 2.82. The minimum absolute atomic E-state index is 0.110. The molecular formula is C20H17NO4. The average Bonchev–Trinajstić information content (AvgIpc) is 3.07. The Morgan fingerprint density at radius 1 is 0.960 bits per heavy atom. The molecule has 0 spiro atoms. The molecular weight excluding hydrogens is 318 g/mol. The molecule has 1 amide bonds. The third-order valence-electron chi connectivity index (χ3n) is 3.56. The maximum absolute atomic E-state index is 12.2. The lowest BCUT2D eigenvalue weighted by Gasteiger charge is -2.07. The monoisotopic (exact) mass is 335 g/mol. The molecule has 5 nitrogen and oxygen atoms in total. The standard InChI is InChI=1S/C20H17NO4/c1-14-7-12-18(25-14)20(23)24-13-15-8-10-16(11-9-15)19(22)21-17-5-3-2-4-6-17/h2-12H,13H2,1H3,(H,21,22). The average molecular weight is 335 g/mol. The first kappa shape index (κ1) is 16.5. The summed E-state index contributed by atoms with van der Waals surface area (Å²) in [7, 11) is 0. The van der Waals surface area contributed by atoms with Crippen molar-refractivity contribution in [3.63, 3.8) is 0 Å². The van der Waals surface area contributed by atoms with E-state index in [0.717, 1.165) is 11.3 Å². The number of amides is 1. The highest BCUT2D eigenvalue weighted by atomic mass is 16.5. The van der Waals surface area contributed by atoms with Crippen LogP contribution in [0.3, 0.4) is 0 Å². The Morgan fingerprint density at radius 2 is 1.68 bits per heavy atom. The number of benzene rings is 2. The van der Waals surface area contributed by atoms with Crippen LogP contribution in [0.15, 0.2) is 71.1 Å². The molecule has 3 rings (SSSR count). The predicted octanol–water partition coefficient (Wildman–Crippen LogP) is 4.20. The molecule has 5 heteroatoms. The minimum Gasteiger partial charge on any atom is -0.455 e. The number of para-hydroxylation sites is 1. The third kappa shape index (κ3) is 4.35. The van der Waals surface area contributed by atoms with Gasteiger partial charge in [0.15, 0.2) is 0 Å². The zero-order chi connectivity index (χ0) is 17.6. The van der Waals surface area contributed by atoms with Crippen LogP contribution in [0.5, 0.6) is 0 Å². The molecule has 1 heterocycles. The second-order valence-electron chi connectivity index (χ2n) is 5.50. The number of ether oxygens (including phenoxy) is 1. The van der Waals surface area contributed by atoms with E-state index in [1.165, 1.54) is 0 Å². The van der Waals surface area contributed by atoms with Crippen LogP contribution in [-0.2, 0) is 11.3 Å². The van der Waals surface area contributed by atoms with Crippen LogP contribution in [0, 0.1) is 6.92 Å². The zero-order valence-electron chi connectivity index (χ0n) is 13.7. The first-order valence-electron chi connectivity index (χ1n) is 7.81. The molecule has 126 valence electrons. The van der Waals surface area contributed by atoms with Gasteiger partial charge in [-0.05, 0) is 48.9 Å². The van der Waals surface area contributed by atoms with Gasteiger partial charge in [-0.2, -0.15) is 0 Å². The number of esters is 1. The molecule has 1 aromatic heterocycles. The predicted molar refractivity (Wildman–Crippen MR) is 93.4 cm³/mol. The van der Waals surface area contributed by atoms with Crippen molar-refractivity contribution >= 4 is 17.6 Å². The quantitative estimate of drug-likeness (QED) is 0.710. The van der Waals surface area contributed by atoms with E-state index in [4.69, 9.17) is 9.15 Å². The minimum atomic E-state index is -0.515. The fourth-order valence-corrected chi connectivity index (χ4v) is 2.24. The summed E-state index contributed by atoms with van der Waals surface area (Å²) in [4.78, 5) is 24.0. The zero-order valence-corrected chi connectivity index (χ0v) is 13.7. The van der Waals surface area contributed by atoms with Crippen LogP contribution in [0.25, 0.3) is 0 Å². The summed E-state index contributed by atoms with van der Waals surface area (Å²) in [6.07, 6.45) is 0. The molecule has 0 unspecified atom stereocenters. The summed E-state index contributed by atoms with van der Waals surface area (Å²) in [5.41, 5.74) is 2.05. The molecule has 0 atom stereocenters. The van der Waals surface area contributed by atoms with Crippen molar-refractivity contribution in [1.82, 2.24) is 0 Å². The molecule has 25 heavy (non-hydrogen) atoms. The van der Waals surface area contributed by atoms with E-state index in [1.54, 1.807) is 43.3 Å². The van der Waals surface area contributed by atoms with Gasteiger partial charge in [0, 0.05) is 11.3 Å². The summed E-state index contributed by atoms with van der Waals surface area (Å²) in [6, 6.07) is 19.4. The maximum Gasteiger partial charge on any atom is 0.374 e. The van der Waals surface area contributed by atoms with E-state index in [-0.39, 0.29) is 18.3 Å². The Balaban J connectivity index is 1.56. The van der Waals surface area contributed by atoms with E-state index in [0.29, 0.717) is 11.3 Å². The Morgan fingerprint density at radius 3 is 2.32 bits per heavy atom. The van der Waals surface area contributed by atoms with Crippen molar-refractivity contribution in [2.45, 2.75) is 13.5 Å². The Labute approximate surface area is 145 Å². The summed E-state index contributed by atoms with van der Waals surface area (Å²) in [6.45, 7) is 1.87. The van der Waals surface area contributed by atoms with Gasteiger partial charge in [0.05, 0.1) is 0 Å². The largest absolute Gasteiger partial charge is 0.455 e. The number of nitrogens with one attached hydrogen (secondary N) is 1. The van der Waals surface area contributed by atoms with Gasteiger partial charge < -0.3 is 14.5 Å². The number of anilines is 1. The molecule has 0 saturated carbocycles. The van der Waals surface area contributed by atoms with Crippen LogP contribution in [0.1, 0.15) is 32.2 Å². The first-order chi connectivity index (χ1) is 12.1. The number of carbonyl (C=O) groups excluding carboxylic acids is 2. The molecule has 0 bridgehead atoms. The molecule has 0 radical (unpaired) electrons. The van der Waals surface area contributed by atoms with E-state index >= 15 is 0 Å². The number of rotatable bonds is 5. The lowest BCUT2D eigenvalue weighted by Crippen LogP contribution is -2.11. The van der Waals surface area contributed by atoms with Gasteiger partial charge in [-0.1, -0.05) is 30.3 Å². The second-order valence-corrected chi connectivity index (χ2v) is 5.50. The number of aryl methyl sites for hydroxylation is 1. The normalized spacial score (nSPS) is 10.3. The number of furan rings is 1. The molecule has 2 aromatic carbocycles. The molecule has 0 aliphatic heterocycles. The van der Waals surface area contributed by atoms with Gasteiger partial charge in [-0.15, -0.1) is 0 Å². The van der Waals surface area contributed by atoms with Gasteiger partial charge in [0.2, 0.25) is 5.76 Å². The number of hydrogen-bond donors (Lipinski definition) is 1. The van der Waals surface area contributed by atoms with Gasteiger partial charge in [-0.25, -0.2) is 4.79 Å². The van der Waals surface area contributed by atoms with Crippen LogP contribution in [0.2, 0.25) is 0 Å². The first-order valence-corrected chi connectivity index (χ1v) is 7.81. The molecule has 3 aromatic rings. The summed E-state index contributed by atoms with van der Waals surface area (Å²) in [5.74, 6) is 0.122. The van der Waals surface area contributed by atoms with Crippen molar-refractivity contribution in [3.05, 3.63) is 89.4 Å². The molecule has 0 fully saturated rings. The maximum atomic E-state index is 12.2. The summed E-state index contributed by atoms with van der Waals surface area (Å²) < 4.78 is 10.4. The van der Waals surface area contributed by atoms with Crippen molar-refractivity contribution in [2.75, 3.05) is 5.32 Å². The van der Waals surface area contributed by atoms with Gasteiger partial charge in [0.1, 0.15) is 12.4 Å². The van der Waals surface area contributed by atoms with E-state index in [2.05, 4.69) is 5.32 Å². The Bertz CT molecular complexity index is 866. The third-order valence-corrected chi connectivity index (χ3v) is 3.56. The van der Waals surface area contributed by atoms with Crippen molar-refractivity contribution in [1.29, 1.82) is 0 Å². The van der Waals surface area contributed by atoms with E-state index in [1.807, 2.05) is 30.3 Å². The van der Waals surface area contributed by atoms with Gasteiger partial charge in [0.25, 0.3) is 5.91 Å². The van der Waals surface area contributed by atoms with Crippen LogP contribution < -0.4 is 5.32 Å². The van der Waals surface area contributed by atoms with E-state index in [9.17, 15) is 9.59 Å². The smallest absolute Gasteiger partial charge is 0.374 e. The van der Waals surface area contributed by atoms with Gasteiger partial charge in [-0.3, -0.25) is 4.79 Å².